The number of nitrogens with one attached hydrogen (secondary N) is 4. The zero-order chi connectivity index (χ0) is 28.3. The Morgan fingerprint density at radius 3 is 2.66 bits per heavy atom. The van der Waals surface area contributed by atoms with Gasteiger partial charge in [-0.2, -0.15) is 5.10 Å². The molecule has 1 aromatic carbocycles. The Balaban J connectivity index is 1.37. The number of likely N-dealkylation sites (N-methyl/N-ethyl adjacent to an activating group) is 1. The van der Waals surface area contributed by atoms with Crippen molar-refractivity contribution in [3.8, 4) is 33.8 Å². The second-order valence-electron chi connectivity index (χ2n) is 10.3. The molecule has 0 aliphatic carbocycles. The molecule has 6 aromatic rings. The zero-order valence-corrected chi connectivity index (χ0v) is 23.3. The number of hydrogen-bond acceptors (Lipinski definition) is 7. The van der Waals surface area contributed by atoms with Gasteiger partial charge in [0.2, 0.25) is 0 Å². The van der Waals surface area contributed by atoms with Crippen LogP contribution in [0.25, 0.3) is 55.7 Å². The van der Waals surface area contributed by atoms with E-state index >= 15 is 0 Å². The van der Waals surface area contributed by atoms with Crippen LogP contribution in [0.1, 0.15) is 12.5 Å². The van der Waals surface area contributed by atoms with Crippen LogP contribution >= 0.6 is 0 Å². The van der Waals surface area contributed by atoms with Gasteiger partial charge in [-0.15, -0.1) is 0 Å². The standard InChI is InChI=1S/C31H32FN9/c1-4-33-14-19-9-21(16-34-15-19)26-5-6-27-30(38-26)31(40-39-27)28-13-24-25(17-35-18-29(24)37-28)20-10-22(32)12-23(11-20)36-7-8-41(2)3/h5-6,9-13,15-18,33,36-37H,4,7-8,14H2,1-3H3,(H,39,40). The van der Waals surface area contributed by atoms with Crippen LogP contribution < -0.4 is 10.6 Å². The number of halogens is 1. The predicted molar refractivity (Wildman–Crippen MR) is 162 cm³/mol. The van der Waals surface area contributed by atoms with Crippen LogP contribution in [0.2, 0.25) is 0 Å². The number of fused-ring (bicyclic) bond motifs is 2. The van der Waals surface area contributed by atoms with E-state index in [9.17, 15) is 4.39 Å². The first-order valence-corrected chi connectivity index (χ1v) is 13.7. The molecule has 0 spiro atoms. The molecule has 41 heavy (non-hydrogen) atoms. The first-order valence-electron chi connectivity index (χ1n) is 13.7. The average Bonchev–Trinajstić information content (AvgIpc) is 3.59. The third-order valence-corrected chi connectivity index (χ3v) is 6.98. The van der Waals surface area contributed by atoms with Crippen molar-refractivity contribution in [2.75, 3.05) is 39.0 Å². The highest BCUT2D eigenvalue weighted by Gasteiger charge is 2.16. The summed E-state index contributed by atoms with van der Waals surface area (Å²) in [5, 5.41) is 15.3. The maximum absolute atomic E-state index is 14.7. The number of benzene rings is 1. The lowest BCUT2D eigenvalue weighted by Gasteiger charge is -2.13. The number of aromatic nitrogens is 6. The van der Waals surface area contributed by atoms with Crippen molar-refractivity contribution in [3.05, 3.63) is 78.6 Å². The minimum atomic E-state index is -0.304. The maximum Gasteiger partial charge on any atom is 0.135 e. The molecule has 0 bridgehead atoms. The third-order valence-electron chi connectivity index (χ3n) is 6.98. The SMILES string of the molecule is CCNCc1cncc(-c2ccc3[nH]nc(-c4cc5c(-c6cc(F)cc(NCCN(C)C)c6)cncc5[nH]4)c3n2)c1. The predicted octanol–water partition coefficient (Wildman–Crippen LogP) is 5.45. The fourth-order valence-electron chi connectivity index (χ4n) is 4.92. The van der Waals surface area contributed by atoms with Gasteiger partial charge >= 0.3 is 0 Å². The lowest BCUT2D eigenvalue weighted by Crippen LogP contribution is -2.20. The van der Waals surface area contributed by atoms with Crippen molar-refractivity contribution >= 4 is 27.6 Å². The highest BCUT2D eigenvalue weighted by Crippen LogP contribution is 2.35. The monoisotopic (exact) mass is 549 g/mol. The van der Waals surface area contributed by atoms with E-state index in [1.807, 2.05) is 50.8 Å². The van der Waals surface area contributed by atoms with Gasteiger partial charge in [0.05, 0.1) is 28.6 Å². The molecule has 5 heterocycles. The summed E-state index contributed by atoms with van der Waals surface area (Å²) >= 11 is 0. The van der Waals surface area contributed by atoms with Crippen molar-refractivity contribution in [3.63, 3.8) is 0 Å². The molecule has 9 nitrogen and oxygen atoms in total. The second-order valence-corrected chi connectivity index (χ2v) is 10.3. The van der Waals surface area contributed by atoms with E-state index in [2.05, 4.69) is 53.7 Å². The molecule has 0 fully saturated rings. The van der Waals surface area contributed by atoms with Gasteiger partial charge < -0.3 is 20.5 Å². The van der Waals surface area contributed by atoms with Crippen molar-refractivity contribution in [2.24, 2.45) is 0 Å². The van der Waals surface area contributed by atoms with Crippen LogP contribution in [0.15, 0.2) is 67.3 Å². The van der Waals surface area contributed by atoms with Gasteiger partial charge in [-0.25, -0.2) is 9.37 Å². The fraction of sp³-hybridized carbons (Fsp3) is 0.226. The van der Waals surface area contributed by atoms with Crippen molar-refractivity contribution in [1.29, 1.82) is 0 Å². The van der Waals surface area contributed by atoms with E-state index in [0.717, 1.165) is 80.9 Å². The van der Waals surface area contributed by atoms with Crippen LogP contribution in [0, 0.1) is 5.82 Å². The van der Waals surface area contributed by atoms with Crippen LogP contribution in [0.3, 0.4) is 0 Å². The van der Waals surface area contributed by atoms with E-state index < -0.39 is 0 Å². The molecule has 0 aliphatic rings. The Morgan fingerprint density at radius 1 is 0.927 bits per heavy atom. The van der Waals surface area contributed by atoms with Gasteiger partial charge in [-0.3, -0.25) is 15.1 Å². The largest absolute Gasteiger partial charge is 0.384 e. The Morgan fingerprint density at radius 2 is 1.80 bits per heavy atom. The van der Waals surface area contributed by atoms with Gasteiger partial charge in [0.1, 0.15) is 17.0 Å². The van der Waals surface area contributed by atoms with E-state index in [1.54, 1.807) is 12.4 Å². The minimum absolute atomic E-state index is 0.304. The summed E-state index contributed by atoms with van der Waals surface area (Å²) in [5.74, 6) is -0.304. The van der Waals surface area contributed by atoms with Gasteiger partial charge in [0, 0.05) is 60.4 Å². The zero-order valence-electron chi connectivity index (χ0n) is 23.3. The topological polar surface area (TPSA) is 110 Å². The molecule has 10 heteroatoms. The number of rotatable bonds is 10. The second kappa shape index (κ2) is 11.4. The normalized spacial score (nSPS) is 11.6. The summed E-state index contributed by atoms with van der Waals surface area (Å²) in [7, 11) is 4.02. The number of H-pyrrole nitrogens is 2. The fourth-order valence-corrected chi connectivity index (χ4v) is 4.92. The third kappa shape index (κ3) is 5.65. The van der Waals surface area contributed by atoms with Gasteiger partial charge in [-0.1, -0.05) is 6.92 Å². The number of hydrogen-bond donors (Lipinski definition) is 4. The number of pyridine rings is 3. The Bertz CT molecular complexity index is 1820. The molecule has 0 saturated carbocycles. The lowest BCUT2D eigenvalue weighted by molar-refractivity contribution is 0.425. The summed E-state index contributed by atoms with van der Waals surface area (Å²) in [6, 6.07) is 13.1. The number of anilines is 1. The molecule has 5 aromatic heterocycles. The van der Waals surface area contributed by atoms with Crippen LogP contribution in [-0.4, -0.2) is 68.8 Å². The summed E-state index contributed by atoms with van der Waals surface area (Å²) in [6.45, 7) is 5.28. The van der Waals surface area contributed by atoms with Gasteiger partial charge in [0.25, 0.3) is 0 Å². The van der Waals surface area contributed by atoms with Crippen molar-refractivity contribution < 1.29 is 4.39 Å². The molecule has 0 aliphatic heterocycles. The number of nitrogens with zero attached hydrogens (tertiary/aromatic N) is 5. The molecule has 0 saturated heterocycles. The van der Waals surface area contributed by atoms with Gasteiger partial charge in [-0.05, 0) is 74.2 Å². The van der Waals surface area contributed by atoms with E-state index in [0.29, 0.717) is 12.2 Å². The molecule has 0 amide bonds. The molecule has 0 radical (unpaired) electrons. The van der Waals surface area contributed by atoms with Crippen molar-refractivity contribution in [1.82, 2.24) is 40.3 Å². The summed E-state index contributed by atoms with van der Waals surface area (Å²) in [6.07, 6.45) is 7.23. The molecule has 6 rings (SSSR count). The molecule has 208 valence electrons. The van der Waals surface area contributed by atoms with E-state index in [4.69, 9.17) is 4.98 Å². The molecular formula is C31H32FN9. The van der Waals surface area contributed by atoms with Gasteiger partial charge in [0.15, 0.2) is 0 Å². The Kier molecular flexibility index (Phi) is 7.41. The summed E-state index contributed by atoms with van der Waals surface area (Å²) in [4.78, 5) is 19.3. The first-order chi connectivity index (χ1) is 20.0. The summed E-state index contributed by atoms with van der Waals surface area (Å²) in [5.41, 5.74) is 9.08. The van der Waals surface area contributed by atoms with Crippen molar-refractivity contribution in [2.45, 2.75) is 13.5 Å². The smallest absolute Gasteiger partial charge is 0.135 e. The quantitative estimate of drug-likeness (QED) is 0.180. The van der Waals surface area contributed by atoms with Crippen LogP contribution in [0.5, 0.6) is 0 Å². The minimum Gasteiger partial charge on any atom is -0.384 e. The maximum atomic E-state index is 14.7. The van der Waals surface area contributed by atoms with Crippen LogP contribution in [-0.2, 0) is 6.54 Å². The Labute approximate surface area is 237 Å². The van der Waals surface area contributed by atoms with E-state index in [1.165, 1.54) is 12.1 Å². The highest BCUT2D eigenvalue weighted by molar-refractivity contribution is 6.00. The average molecular weight is 550 g/mol. The molecule has 4 N–H and O–H groups in total. The molecular weight excluding hydrogens is 517 g/mol. The Hall–Kier alpha value is -4.67. The highest BCUT2D eigenvalue weighted by atomic mass is 19.1. The number of aromatic amines is 2. The molecule has 0 unspecified atom stereocenters. The lowest BCUT2D eigenvalue weighted by atomic mass is 10.0. The first kappa shape index (κ1) is 26.5. The van der Waals surface area contributed by atoms with Crippen LogP contribution in [0.4, 0.5) is 10.1 Å². The summed E-state index contributed by atoms with van der Waals surface area (Å²) < 4.78 is 14.7. The molecule has 0 atom stereocenters. The van der Waals surface area contributed by atoms with E-state index in [-0.39, 0.29) is 5.82 Å².